The molecular formula is C10H18O3. The van der Waals surface area contributed by atoms with Gasteiger partial charge in [0.1, 0.15) is 6.10 Å². The van der Waals surface area contributed by atoms with Crippen LogP contribution in [0.3, 0.4) is 0 Å². The van der Waals surface area contributed by atoms with Crippen LogP contribution in [0.5, 0.6) is 0 Å². The van der Waals surface area contributed by atoms with Crippen molar-refractivity contribution in [1.82, 2.24) is 0 Å². The Bertz CT molecular complexity index is 191. The van der Waals surface area contributed by atoms with Gasteiger partial charge in [0.05, 0.1) is 12.0 Å². The minimum Gasteiger partial charge on any atom is -0.462 e. The van der Waals surface area contributed by atoms with E-state index in [4.69, 9.17) is 4.74 Å². The van der Waals surface area contributed by atoms with E-state index in [1.807, 2.05) is 20.8 Å². The topological polar surface area (TPSA) is 46.5 Å². The van der Waals surface area contributed by atoms with Crippen LogP contribution >= 0.6 is 0 Å². The third-order valence-electron chi connectivity index (χ3n) is 2.95. The van der Waals surface area contributed by atoms with Gasteiger partial charge in [0.25, 0.3) is 0 Å². The molecule has 0 unspecified atom stereocenters. The van der Waals surface area contributed by atoms with Gasteiger partial charge in [-0.15, -0.1) is 0 Å². The first kappa shape index (κ1) is 10.5. The molecule has 0 aromatic rings. The highest BCUT2D eigenvalue weighted by Crippen LogP contribution is 2.29. The van der Waals surface area contributed by atoms with E-state index < -0.39 is 6.10 Å². The van der Waals surface area contributed by atoms with Crippen LogP contribution in [0.25, 0.3) is 0 Å². The number of cyclic esters (lactones) is 1. The van der Waals surface area contributed by atoms with E-state index in [0.717, 1.165) is 6.42 Å². The number of esters is 1. The van der Waals surface area contributed by atoms with E-state index in [0.29, 0.717) is 6.42 Å². The number of carbonyl (C=O) groups is 1. The van der Waals surface area contributed by atoms with Crippen LogP contribution in [0.15, 0.2) is 0 Å². The van der Waals surface area contributed by atoms with Crippen molar-refractivity contribution in [2.24, 2.45) is 11.8 Å². The lowest BCUT2D eigenvalue weighted by Crippen LogP contribution is -2.47. The fourth-order valence-corrected chi connectivity index (χ4v) is 1.93. The second kappa shape index (κ2) is 4.09. The fourth-order valence-electron chi connectivity index (χ4n) is 1.93. The molecule has 1 rings (SSSR count). The standard InChI is InChI=1S/C10H18O3/c1-4-7-9(11)6(3)8(5-2)13-10(7)12/h6-9,11H,4-5H2,1-3H3/t6-,7-,8+,9-/m0/s1. The maximum Gasteiger partial charge on any atom is 0.311 e. The summed E-state index contributed by atoms with van der Waals surface area (Å²) in [7, 11) is 0. The summed E-state index contributed by atoms with van der Waals surface area (Å²) in [6, 6.07) is 0. The predicted molar refractivity (Wildman–Crippen MR) is 49.1 cm³/mol. The molecule has 0 aromatic heterocycles. The molecular weight excluding hydrogens is 168 g/mol. The van der Waals surface area contributed by atoms with Gasteiger partial charge in [-0.2, -0.15) is 0 Å². The maximum atomic E-state index is 11.4. The normalized spacial score (nSPS) is 40.2. The number of rotatable bonds is 2. The number of carbonyl (C=O) groups excluding carboxylic acids is 1. The summed E-state index contributed by atoms with van der Waals surface area (Å²) < 4.78 is 5.22. The zero-order valence-corrected chi connectivity index (χ0v) is 8.49. The SMILES string of the molecule is CC[C@@H]1C(=O)O[C@H](CC)[C@H](C)[C@@H]1O. The molecule has 1 heterocycles. The van der Waals surface area contributed by atoms with Gasteiger partial charge in [0.2, 0.25) is 0 Å². The summed E-state index contributed by atoms with van der Waals surface area (Å²) in [5, 5.41) is 9.81. The highest BCUT2D eigenvalue weighted by atomic mass is 16.5. The number of aliphatic hydroxyl groups excluding tert-OH is 1. The number of ether oxygens (including phenoxy) is 1. The Labute approximate surface area is 79.1 Å². The Hall–Kier alpha value is -0.570. The van der Waals surface area contributed by atoms with E-state index in [1.165, 1.54) is 0 Å². The molecule has 3 heteroatoms. The van der Waals surface area contributed by atoms with Crippen LogP contribution in [-0.4, -0.2) is 23.3 Å². The van der Waals surface area contributed by atoms with Gasteiger partial charge in [0.15, 0.2) is 0 Å². The molecule has 0 spiro atoms. The smallest absolute Gasteiger partial charge is 0.311 e. The first-order valence-corrected chi connectivity index (χ1v) is 5.00. The number of aliphatic hydroxyl groups is 1. The summed E-state index contributed by atoms with van der Waals surface area (Å²) in [4.78, 5) is 11.4. The molecule has 0 saturated carbocycles. The number of hydrogen-bond acceptors (Lipinski definition) is 3. The van der Waals surface area contributed by atoms with Crippen LogP contribution in [0.4, 0.5) is 0 Å². The lowest BCUT2D eigenvalue weighted by Gasteiger charge is -2.36. The summed E-state index contributed by atoms with van der Waals surface area (Å²) >= 11 is 0. The Morgan fingerprint density at radius 2 is 2.00 bits per heavy atom. The Kier molecular flexibility index (Phi) is 3.31. The molecule has 4 atom stereocenters. The van der Waals surface area contributed by atoms with Crippen LogP contribution in [0.2, 0.25) is 0 Å². The highest BCUT2D eigenvalue weighted by molar-refractivity contribution is 5.74. The molecule has 0 aliphatic carbocycles. The zero-order valence-electron chi connectivity index (χ0n) is 8.49. The molecule has 13 heavy (non-hydrogen) atoms. The monoisotopic (exact) mass is 186 g/mol. The first-order chi connectivity index (χ1) is 6.11. The van der Waals surface area contributed by atoms with Gasteiger partial charge in [-0.1, -0.05) is 20.8 Å². The van der Waals surface area contributed by atoms with Crippen molar-refractivity contribution in [2.75, 3.05) is 0 Å². The van der Waals surface area contributed by atoms with E-state index in [2.05, 4.69) is 0 Å². The Balaban J connectivity index is 2.72. The Morgan fingerprint density at radius 1 is 1.38 bits per heavy atom. The largest absolute Gasteiger partial charge is 0.462 e. The van der Waals surface area contributed by atoms with Crippen LogP contribution in [-0.2, 0) is 9.53 Å². The van der Waals surface area contributed by atoms with Crippen LogP contribution in [0, 0.1) is 11.8 Å². The van der Waals surface area contributed by atoms with Crippen molar-refractivity contribution in [2.45, 2.75) is 45.8 Å². The average Bonchev–Trinajstić information content (AvgIpc) is 2.12. The van der Waals surface area contributed by atoms with Crippen LogP contribution in [0.1, 0.15) is 33.6 Å². The van der Waals surface area contributed by atoms with E-state index in [9.17, 15) is 9.90 Å². The maximum absolute atomic E-state index is 11.4. The van der Waals surface area contributed by atoms with Crippen molar-refractivity contribution < 1.29 is 14.6 Å². The second-order valence-corrected chi connectivity index (χ2v) is 3.75. The zero-order chi connectivity index (χ0) is 10.0. The van der Waals surface area contributed by atoms with Crippen molar-refractivity contribution in [3.63, 3.8) is 0 Å². The molecule has 76 valence electrons. The van der Waals surface area contributed by atoms with Crippen molar-refractivity contribution in [1.29, 1.82) is 0 Å². The predicted octanol–water partition coefficient (Wildman–Crippen LogP) is 1.34. The quantitative estimate of drug-likeness (QED) is 0.662. The van der Waals surface area contributed by atoms with Crippen molar-refractivity contribution >= 4 is 5.97 Å². The summed E-state index contributed by atoms with van der Waals surface area (Å²) in [6.45, 7) is 5.80. The first-order valence-electron chi connectivity index (χ1n) is 5.00. The molecule has 0 amide bonds. The second-order valence-electron chi connectivity index (χ2n) is 3.75. The molecule has 1 aliphatic heterocycles. The lowest BCUT2D eigenvalue weighted by molar-refractivity contribution is -0.179. The molecule has 0 bridgehead atoms. The molecule has 0 radical (unpaired) electrons. The Morgan fingerprint density at radius 3 is 2.46 bits per heavy atom. The van der Waals surface area contributed by atoms with E-state index in [-0.39, 0.29) is 23.9 Å². The summed E-state index contributed by atoms with van der Waals surface area (Å²) in [5.41, 5.74) is 0. The minimum absolute atomic E-state index is 0.0626. The lowest BCUT2D eigenvalue weighted by atomic mass is 9.83. The van der Waals surface area contributed by atoms with Crippen molar-refractivity contribution in [3.05, 3.63) is 0 Å². The molecule has 0 aromatic carbocycles. The average molecular weight is 186 g/mol. The van der Waals surface area contributed by atoms with Crippen LogP contribution < -0.4 is 0 Å². The van der Waals surface area contributed by atoms with E-state index in [1.54, 1.807) is 0 Å². The van der Waals surface area contributed by atoms with E-state index >= 15 is 0 Å². The minimum atomic E-state index is -0.531. The third-order valence-corrected chi connectivity index (χ3v) is 2.95. The van der Waals surface area contributed by atoms with Crippen molar-refractivity contribution in [3.8, 4) is 0 Å². The third kappa shape index (κ3) is 1.85. The molecule has 1 fully saturated rings. The summed E-state index contributed by atoms with van der Waals surface area (Å²) in [5.74, 6) is -0.495. The van der Waals surface area contributed by atoms with Gasteiger partial charge in [-0.05, 0) is 12.8 Å². The van der Waals surface area contributed by atoms with Gasteiger partial charge >= 0.3 is 5.97 Å². The molecule has 1 saturated heterocycles. The molecule has 1 N–H and O–H groups in total. The fraction of sp³-hybridized carbons (Fsp3) is 0.900. The highest BCUT2D eigenvalue weighted by Gasteiger charge is 2.40. The van der Waals surface area contributed by atoms with Gasteiger partial charge in [0, 0.05) is 5.92 Å². The summed E-state index contributed by atoms with van der Waals surface area (Å²) in [6.07, 6.45) is 0.794. The van der Waals surface area contributed by atoms with Gasteiger partial charge in [-0.3, -0.25) is 4.79 Å². The van der Waals surface area contributed by atoms with Gasteiger partial charge < -0.3 is 9.84 Å². The molecule has 1 aliphatic rings. The van der Waals surface area contributed by atoms with Gasteiger partial charge in [-0.25, -0.2) is 0 Å². The number of hydrogen-bond donors (Lipinski definition) is 1. The molecule has 3 nitrogen and oxygen atoms in total.